The summed E-state index contributed by atoms with van der Waals surface area (Å²) in [5.41, 5.74) is 1.09. The van der Waals surface area contributed by atoms with E-state index < -0.39 is 0 Å². The predicted molar refractivity (Wildman–Crippen MR) is 91.1 cm³/mol. The molecule has 1 atom stereocenters. The van der Waals surface area contributed by atoms with Gasteiger partial charge in [-0.3, -0.25) is 0 Å². The molecule has 1 unspecified atom stereocenters. The van der Waals surface area contributed by atoms with Crippen molar-refractivity contribution < 1.29 is 4.39 Å². The molecule has 118 valence electrons. The highest BCUT2D eigenvalue weighted by Gasteiger charge is 2.17. The van der Waals surface area contributed by atoms with Crippen LogP contribution in [-0.2, 0) is 6.42 Å². The van der Waals surface area contributed by atoms with E-state index in [1.54, 1.807) is 6.07 Å². The number of halogens is 2. The average Bonchev–Trinajstić information content (AvgIpc) is 2.94. The van der Waals surface area contributed by atoms with Gasteiger partial charge in [-0.05, 0) is 61.9 Å². The van der Waals surface area contributed by atoms with Gasteiger partial charge in [-0.1, -0.05) is 48.5 Å². The number of rotatable bonds is 8. The van der Waals surface area contributed by atoms with Crippen molar-refractivity contribution in [2.45, 2.75) is 64.3 Å². The van der Waals surface area contributed by atoms with Crippen LogP contribution in [0.25, 0.3) is 0 Å². The van der Waals surface area contributed by atoms with Crippen LogP contribution in [-0.4, -0.2) is 12.6 Å². The van der Waals surface area contributed by atoms with Crippen molar-refractivity contribution in [1.82, 2.24) is 5.32 Å². The van der Waals surface area contributed by atoms with Crippen LogP contribution < -0.4 is 5.32 Å². The first-order valence-corrected chi connectivity index (χ1v) is 9.15. The Labute approximate surface area is 136 Å². The lowest BCUT2D eigenvalue weighted by Crippen LogP contribution is -2.32. The fourth-order valence-corrected chi connectivity index (χ4v) is 3.89. The molecule has 0 bridgehead atoms. The molecule has 3 heteroatoms. The highest BCUT2D eigenvalue weighted by molar-refractivity contribution is 9.10. The first-order chi connectivity index (χ1) is 10.2. The zero-order valence-corrected chi connectivity index (χ0v) is 14.6. The van der Waals surface area contributed by atoms with Crippen molar-refractivity contribution in [3.8, 4) is 0 Å². The van der Waals surface area contributed by atoms with Crippen molar-refractivity contribution in [3.05, 3.63) is 34.1 Å². The van der Waals surface area contributed by atoms with Gasteiger partial charge in [0, 0.05) is 10.5 Å². The van der Waals surface area contributed by atoms with Gasteiger partial charge in [-0.2, -0.15) is 0 Å². The van der Waals surface area contributed by atoms with E-state index >= 15 is 0 Å². The third-order valence-electron chi connectivity index (χ3n) is 4.49. The first kappa shape index (κ1) is 17.0. The van der Waals surface area contributed by atoms with Crippen LogP contribution in [0, 0.1) is 11.7 Å². The molecule has 1 fully saturated rings. The second kappa shape index (κ2) is 8.89. The van der Waals surface area contributed by atoms with E-state index in [1.807, 2.05) is 6.07 Å². The summed E-state index contributed by atoms with van der Waals surface area (Å²) in [6.07, 6.45) is 10.2. The van der Waals surface area contributed by atoms with Crippen LogP contribution in [0.1, 0.15) is 57.4 Å². The molecule has 1 nitrogen and oxygen atoms in total. The Morgan fingerprint density at radius 1 is 1.29 bits per heavy atom. The molecular weight excluding hydrogens is 329 g/mol. The topological polar surface area (TPSA) is 12.0 Å². The molecule has 0 aromatic heterocycles. The zero-order valence-electron chi connectivity index (χ0n) is 13.0. The molecule has 2 rings (SSSR count). The average molecular weight is 356 g/mol. The molecule has 0 spiro atoms. The van der Waals surface area contributed by atoms with Gasteiger partial charge in [-0.25, -0.2) is 4.39 Å². The minimum Gasteiger partial charge on any atom is -0.314 e. The summed E-state index contributed by atoms with van der Waals surface area (Å²) >= 11 is 3.39. The van der Waals surface area contributed by atoms with Gasteiger partial charge in [-0.15, -0.1) is 0 Å². The van der Waals surface area contributed by atoms with E-state index in [4.69, 9.17) is 0 Å². The first-order valence-electron chi connectivity index (χ1n) is 8.35. The number of nitrogens with one attached hydrogen (secondary N) is 1. The molecule has 21 heavy (non-hydrogen) atoms. The Morgan fingerprint density at radius 3 is 2.71 bits per heavy atom. The van der Waals surface area contributed by atoms with Crippen molar-refractivity contribution in [3.63, 3.8) is 0 Å². The van der Waals surface area contributed by atoms with Crippen LogP contribution in [0.2, 0.25) is 0 Å². The van der Waals surface area contributed by atoms with Gasteiger partial charge in [0.25, 0.3) is 0 Å². The van der Waals surface area contributed by atoms with E-state index in [1.165, 1.54) is 44.6 Å². The summed E-state index contributed by atoms with van der Waals surface area (Å²) in [5.74, 6) is 0.777. The molecule has 1 aliphatic rings. The van der Waals surface area contributed by atoms with E-state index in [0.29, 0.717) is 6.04 Å². The van der Waals surface area contributed by atoms with E-state index in [-0.39, 0.29) is 5.82 Å². The Balaban J connectivity index is 1.90. The smallest absolute Gasteiger partial charge is 0.124 e. The second-order valence-electron chi connectivity index (χ2n) is 6.36. The number of hydrogen-bond donors (Lipinski definition) is 1. The quantitative estimate of drug-likeness (QED) is 0.651. The monoisotopic (exact) mass is 355 g/mol. The fraction of sp³-hybridized carbons (Fsp3) is 0.667. The van der Waals surface area contributed by atoms with Crippen LogP contribution in [0.15, 0.2) is 22.7 Å². The highest BCUT2D eigenvalue weighted by Crippen LogP contribution is 2.29. The van der Waals surface area contributed by atoms with Crippen molar-refractivity contribution in [1.29, 1.82) is 0 Å². The molecule has 0 amide bonds. The van der Waals surface area contributed by atoms with Gasteiger partial charge in [0.1, 0.15) is 5.82 Å². The number of hydrogen-bond acceptors (Lipinski definition) is 1. The fourth-order valence-electron chi connectivity index (χ4n) is 3.37. The van der Waals surface area contributed by atoms with Gasteiger partial charge in [0.15, 0.2) is 0 Å². The van der Waals surface area contributed by atoms with Gasteiger partial charge < -0.3 is 5.32 Å². The Bertz CT molecular complexity index is 409. The molecule has 0 aliphatic heterocycles. The maximum Gasteiger partial charge on any atom is 0.124 e. The summed E-state index contributed by atoms with van der Waals surface area (Å²) in [5, 5.41) is 3.64. The lowest BCUT2D eigenvalue weighted by atomic mass is 9.95. The third kappa shape index (κ3) is 6.07. The lowest BCUT2D eigenvalue weighted by molar-refractivity contribution is 0.402. The summed E-state index contributed by atoms with van der Waals surface area (Å²) in [6, 6.07) is 5.70. The van der Waals surface area contributed by atoms with Crippen LogP contribution in [0.4, 0.5) is 4.39 Å². The molecule has 0 radical (unpaired) electrons. The normalized spacial score (nSPS) is 17.3. The molecule has 1 N–H and O–H groups in total. The summed E-state index contributed by atoms with van der Waals surface area (Å²) in [7, 11) is 0. The SMILES string of the molecule is CCCNC(CCC1CCCC1)Cc1cc(F)cc(Br)c1. The molecule has 0 saturated heterocycles. The lowest BCUT2D eigenvalue weighted by Gasteiger charge is -2.20. The minimum atomic E-state index is -0.149. The van der Waals surface area contributed by atoms with Gasteiger partial charge in [0.2, 0.25) is 0 Å². The van der Waals surface area contributed by atoms with E-state index in [9.17, 15) is 4.39 Å². The maximum atomic E-state index is 13.5. The van der Waals surface area contributed by atoms with Crippen LogP contribution >= 0.6 is 15.9 Å². The summed E-state index contributed by atoms with van der Waals surface area (Å²) < 4.78 is 14.3. The second-order valence-corrected chi connectivity index (χ2v) is 7.28. The van der Waals surface area contributed by atoms with Crippen molar-refractivity contribution >= 4 is 15.9 Å². The molecule has 1 aromatic rings. The molecular formula is C18H27BrFN. The Kier molecular flexibility index (Phi) is 7.18. The molecule has 1 aliphatic carbocycles. The Hall–Kier alpha value is -0.410. The Morgan fingerprint density at radius 2 is 2.05 bits per heavy atom. The van der Waals surface area contributed by atoms with Crippen molar-refractivity contribution in [2.24, 2.45) is 5.92 Å². The highest BCUT2D eigenvalue weighted by atomic mass is 79.9. The number of benzene rings is 1. The summed E-state index contributed by atoms with van der Waals surface area (Å²) in [6.45, 7) is 3.24. The van der Waals surface area contributed by atoms with Crippen molar-refractivity contribution in [2.75, 3.05) is 6.54 Å². The van der Waals surface area contributed by atoms with E-state index in [0.717, 1.165) is 35.3 Å². The maximum absolute atomic E-state index is 13.5. The standard InChI is InChI=1S/C18H27BrFN/c1-2-9-21-18(8-7-14-5-3-4-6-14)12-15-10-16(19)13-17(20)11-15/h10-11,13-14,18,21H,2-9,12H2,1H3. The predicted octanol–water partition coefficient (Wildman–Crippen LogP) is 5.47. The molecule has 0 heterocycles. The minimum absolute atomic E-state index is 0.149. The molecule has 1 aromatic carbocycles. The van der Waals surface area contributed by atoms with Crippen LogP contribution in [0.5, 0.6) is 0 Å². The zero-order chi connectivity index (χ0) is 15.1. The van der Waals surface area contributed by atoms with Gasteiger partial charge in [0.05, 0.1) is 0 Å². The van der Waals surface area contributed by atoms with E-state index in [2.05, 4.69) is 28.2 Å². The van der Waals surface area contributed by atoms with Crippen LogP contribution in [0.3, 0.4) is 0 Å². The summed E-state index contributed by atoms with van der Waals surface area (Å²) in [4.78, 5) is 0. The molecule has 1 saturated carbocycles. The van der Waals surface area contributed by atoms with Gasteiger partial charge >= 0.3 is 0 Å². The largest absolute Gasteiger partial charge is 0.314 e. The third-order valence-corrected chi connectivity index (χ3v) is 4.94.